The summed E-state index contributed by atoms with van der Waals surface area (Å²) in [6, 6.07) is 1.82. The number of aliphatic carboxylic acids is 1. The van der Waals surface area contributed by atoms with Crippen molar-refractivity contribution in [2.45, 2.75) is 73.4 Å². The first-order valence-corrected chi connectivity index (χ1v) is 11.8. The minimum Gasteiger partial charge on any atom is -1.00 e. The Morgan fingerprint density at radius 3 is 1.46 bits per heavy atom. The molecular formula is C21H50BClF4N8O6. The molecule has 0 radical (unpaired) electrons. The van der Waals surface area contributed by atoms with Crippen LogP contribution < -0.4 is 40.1 Å². The van der Waals surface area contributed by atoms with Crippen LogP contribution in [0, 0.1) is 0 Å². The van der Waals surface area contributed by atoms with E-state index in [9.17, 15) is 27.3 Å². The predicted molar refractivity (Wildman–Crippen MR) is 143 cm³/mol. The number of rotatable bonds is 4. The van der Waals surface area contributed by atoms with E-state index in [0.29, 0.717) is 18.1 Å². The summed E-state index contributed by atoms with van der Waals surface area (Å²) in [4.78, 5) is 50.6. The lowest BCUT2D eigenvalue weighted by Crippen LogP contribution is -3.00. The van der Waals surface area contributed by atoms with Gasteiger partial charge in [-0.2, -0.15) is 5.84 Å². The fourth-order valence-corrected chi connectivity index (χ4v) is 2.63. The number of halogens is 5. The summed E-state index contributed by atoms with van der Waals surface area (Å²) in [5.41, 5.74) is 1.89. The highest BCUT2D eigenvalue weighted by atomic mass is 35.5. The van der Waals surface area contributed by atoms with Gasteiger partial charge in [0.15, 0.2) is 0 Å². The summed E-state index contributed by atoms with van der Waals surface area (Å²) in [5, 5.41) is 8.25. The molecule has 20 heteroatoms. The van der Waals surface area contributed by atoms with E-state index in [4.69, 9.17) is 14.7 Å². The maximum absolute atomic E-state index is 11.3. The van der Waals surface area contributed by atoms with Crippen LogP contribution in [-0.2, 0) is 24.0 Å². The van der Waals surface area contributed by atoms with Crippen LogP contribution in [0.25, 0.3) is 0 Å². The average Bonchev–Trinajstić information content (AvgIpc) is 3.10. The number of hydrogen-bond acceptors (Lipinski definition) is 8. The standard InChI is InChI=1S/C9H16N3O3.C8H19N.C2H6N2O.C2H4O2.BF3.ClH.FH.H4N2/c1-10(2)9(11(3)4)15-12-7(13)5-6-8(12)14;1-6-9(7(2)3)8(4)5;1-2(5)4-3;1-2(3)4;2-1(3)4;;;1-2/h5-6H2,1-4H3;7-8H,6H2,1-5H3;3H2,1H3,(H,4,5);1H3,(H,3,4);;2*1H;1-2H2/q+1;;;;;;;/p-1. The number of carboxylic acids is 1. The second kappa shape index (κ2) is 33.5. The van der Waals surface area contributed by atoms with Gasteiger partial charge in [0.05, 0.1) is 28.2 Å². The Morgan fingerprint density at radius 2 is 1.34 bits per heavy atom. The number of nitrogens with one attached hydrogen (secondary N) is 1. The van der Waals surface area contributed by atoms with Gasteiger partial charge in [0, 0.05) is 38.8 Å². The van der Waals surface area contributed by atoms with E-state index in [0.717, 1.165) is 18.5 Å². The van der Waals surface area contributed by atoms with Gasteiger partial charge in [-0.25, -0.2) is 15.3 Å². The molecule has 0 atom stereocenters. The molecule has 1 fully saturated rings. The van der Waals surface area contributed by atoms with Crippen molar-refractivity contribution in [3.8, 4) is 0 Å². The SMILES string of the molecule is CC(=O)NN.CC(=O)O.CCN(C(C)C)C(C)C.CN(C)C(ON1C(=O)CCC1=O)=[N+](C)C.FB(F)F.N[NH3+].[Cl-].[F-]. The third kappa shape index (κ3) is 39.5. The van der Waals surface area contributed by atoms with Crippen molar-refractivity contribution < 1.29 is 69.6 Å². The van der Waals surface area contributed by atoms with E-state index < -0.39 is 13.5 Å². The number of carboxylic acid groups (broad SMARTS) is 1. The molecule has 1 aliphatic heterocycles. The van der Waals surface area contributed by atoms with Gasteiger partial charge in [0.1, 0.15) is 0 Å². The Labute approximate surface area is 247 Å². The molecule has 3 amide bonds. The van der Waals surface area contributed by atoms with E-state index >= 15 is 0 Å². The lowest BCUT2D eigenvalue weighted by molar-refractivity contribution is -0.484. The van der Waals surface area contributed by atoms with Crippen LogP contribution in [0.5, 0.6) is 0 Å². The van der Waals surface area contributed by atoms with Crippen molar-refractivity contribution in [1.29, 1.82) is 0 Å². The summed E-state index contributed by atoms with van der Waals surface area (Å²) in [6.45, 7) is 14.8. The van der Waals surface area contributed by atoms with Crippen molar-refractivity contribution >= 4 is 37.3 Å². The third-order valence-electron chi connectivity index (χ3n) is 3.84. The molecule has 0 aromatic heterocycles. The Morgan fingerprint density at radius 1 is 1.07 bits per heavy atom. The van der Waals surface area contributed by atoms with Gasteiger partial charge in [0.25, 0.3) is 17.8 Å². The summed E-state index contributed by atoms with van der Waals surface area (Å²) in [5.74, 6) is 9.94. The second-order valence-electron chi connectivity index (χ2n) is 8.23. The number of amides is 3. The monoisotopic (exact) mass is 632 g/mol. The summed E-state index contributed by atoms with van der Waals surface area (Å²) >= 11 is 0. The summed E-state index contributed by atoms with van der Waals surface area (Å²) < 4.78 is 30.7. The molecule has 1 saturated heterocycles. The predicted octanol–water partition coefficient (Wildman–Crippen LogP) is -6.54. The number of nitrogens with two attached hydrogens (primary N) is 2. The minimum atomic E-state index is -3.67. The molecule has 0 aromatic carbocycles. The van der Waals surface area contributed by atoms with Crippen molar-refractivity contribution in [1.82, 2.24) is 20.3 Å². The molecule has 0 saturated carbocycles. The molecular weight excluding hydrogens is 583 g/mol. The fraction of sp³-hybridized carbons (Fsp3) is 0.762. The van der Waals surface area contributed by atoms with E-state index in [-0.39, 0.29) is 47.7 Å². The van der Waals surface area contributed by atoms with Crippen molar-refractivity contribution in [3.63, 3.8) is 0 Å². The first-order valence-electron chi connectivity index (χ1n) is 11.8. The highest BCUT2D eigenvalue weighted by Gasteiger charge is 2.34. The van der Waals surface area contributed by atoms with Crippen LogP contribution in [-0.4, -0.2) is 109 Å². The number of hydroxylamine groups is 2. The molecule has 0 bridgehead atoms. The van der Waals surface area contributed by atoms with E-state index in [1.54, 1.807) is 37.7 Å². The molecule has 1 rings (SSSR count). The smallest absolute Gasteiger partial charge is 0.762 e. The zero-order valence-electron chi connectivity index (χ0n) is 25.9. The Hall–Kier alpha value is -2.74. The van der Waals surface area contributed by atoms with Crippen LogP contribution in [0.1, 0.15) is 61.3 Å². The first kappa shape index (κ1) is 54.4. The van der Waals surface area contributed by atoms with Gasteiger partial charge in [-0.1, -0.05) is 12.0 Å². The fourth-order valence-electron chi connectivity index (χ4n) is 2.63. The van der Waals surface area contributed by atoms with Crippen molar-refractivity contribution in [3.05, 3.63) is 0 Å². The average molecular weight is 633 g/mol. The Balaban J connectivity index is -0.0000000766. The maximum atomic E-state index is 11.3. The Bertz CT molecular complexity index is 693. The zero-order chi connectivity index (χ0) is 32.5. The molecule has 1 aliphatic rings. The second-order valence-corrected chi connectivity index (χ2v) is 8.23. The van der Waals surface area contributed by atoms with Gasteiger partial charge in [-0.15, -0.1) is 0 Å². The largest absolute Gasteiger partial charge is 1.00 e. The van der Waals surface area contributed by atoms with E-state index in [1.165, 1.54) is 6.92 Å². The lowest BCUT2D eigenvalue weighted by atomic mass is 10.2. The van der Waals surface area contributed by atoms with Crippen LogP contribution in [0.3, 0.4) is 0 Å². The molecule has 14 nitrogen and oxygen atoms in total. The number of carbonyl (C=O) groups excluding carboxylic acids is 3. The van der Waals surface area contributed by atoms with Gasteiger partial charge in [0.2, 0.25) is 5.91 Å². The molecule has 0 aliphatic carbocycles. The lowest BCUT2D eigenvalue weighted by Gasteiger charge is -2.28. The minimum absolute atomic E-state index is 0. The highest BCUT2D eigenvalue weighted by Crippen LogP contribution is 2.12. The number of nitrogens with zero attached hydrogens (tertiary/aromatic N) is 4. The van der Waals surface area contributed by atoms with Crippen LogP contribution in [0.2, 0.25) is 0 Å². The molecule has 0 aromatic rings. The number of hydrazine groups is 1. The zero-order valence-corrected chi connectivity index (χ0v) is 26.6. The summed E-state index contributed by atoms with van der Waals surface area (Å²) in [7, 11) is 3.45. The molecule has 248 valence electrons. The van der Waals surface area contributed by atoms with Crippen LogP contribution in [0.4, 0.5) is 12.9 Å². The van der Waals surface area contributed by atoms with Gasteiger partial charge < -0.3 is 22.2 Å². The number of carbonyl (C=O) groups is 4. The quantitative estimate of drug-likeness (QED) is 0.0228. The number of quaternary nitrogens is 1. The molecule has 1 heterocycles. The van der Waals surface area contributed by atoms with Crippen molar-refractivity contribution in [2.24, 2.45) is 11.7 Å². The molecule has 9 N–H and O–H groups in total. The molecule has 0 unspecified atom stereocenters. The van der Waals surface area contributed by atoms with Crippen LogP contribution in [0.15, 0.2) is 0 Å². The summed E-state index contributed by atoms with van der Waals surface area (Å²) in [6.07, 6.45) is 0.458. The van der Waals surface area contributed by atoms with Gasteiger partial charge >= 0.3 is 13.6 Å². The highest BCUT2D eigenvalue weighted by molar-refractivity contribution is 6.33. The number of imide groups is 1. The van der Waals surface area contributed by atoms with E-state index in [1.807, 2.05) is 5.43 Å². The third-order valence-corrected chi connectivity index (χ3v) is 3.84. The Kier molecular flexibility index (Phi) is 44.4. The molecule has 0 spiro atoms. The van der Waals surface area contributed by atoms with E-state index in [2.05, 4.69) is 57.0 Å². The number of amidine groups is 1. The number of hydrogen-bond donors (Lipinski definition) is 5. The van der Waals surface area contributed by atoms with Crippen LogP contribution >= 0.6 is 0 Å². The molecule has 41 heavy (non-hydrogen) atoms. The van der Waals surface area contributed by atoms with Crippen molar-refractivity contribution in [2.75, 3.05) is 34.7 Å². The van der Waals surface area contributed by atoms with Gasteiger partial charge in [-0.3, -0.25) is 53.1 Å². The normalized spacial score (nSPS) is 10.6. The maximum Gasteiger partial charge on any atom is 0.762 e. The topological polar surface area (TPSA) is 202 Å². The first-order chi connectivity index (χ1) is 17.8. The van der Waals surface area contributed by atoms with Gasteiger partial charge in [-0.05, 0) is 34.2 Å².